The molecule has 2 aromatic rings. The molecule has 3 nitrogen and oxygen atoms in total. The first kappa shape index (κ1) is 19.7. The van der Waals surface area contributed by atoms with E-state index in [1.54, 1.807) is 19.9 Å². The Hall–Kier alpha value is -2.08. The Bertz CT molecular complexity index is 853. The molecule has 6 heteroatoms. The third-order valence-corrected chi connectivity index (χ3v) is 4.99. The Kier molecular flexibility index (Phi) is 4.97. The zero-order valence-electron chi connectivity index (χ0n) is 16.0. The van der Waals surface area contributed by atoms with Gasteiger partial charge in [0, 0.05) is 6.54 Å². The number of rotatable bonds is 4. The monoisotopic (exact) mass is 378 g/mol. The summed E-state index contributed by atoms with van der Waals surface area (Å²) in [6.45, 7) is 7.41. The molecule has 1 aliphatic heterocycles. The number of halogens is 3. The summed E-state index contributed by atoms with van der Waals surface area (Å²) in [4.78, 5) is 12.1. The highest BCUT2D eigenvalue weighted by atomic mass is 19.4. The number of benzene rings is 2. The van der Waals surface area contributed by atoms with Crippen molar-refractivity contribution < 1.29 is 18.0 Å². The van der Waals surface area contributed by atoms with Crippen molar-refractivity contribution in [3.8, 4) is 0 Å². The predicted molar refractivity (Wildman–Crippen MR) is 99.9 cm³/mol. The molecule has 3 rings (SSSR count). The SMILES string of the molecule is CC(C)Cc1cccc2cccc(C(N3CC(C)(C)C(=O)N3)C(F)(F)F)c12. The van der Waals surface area contributed by atoms with Gasteiger partial charge in [-0.25, -0.2) is 5.01 Å². The highest BCUT2D eigenvalue weighted by Gasteiger charge is 2.51. The van der Waals surface area contributed by atoms with Crippen molar-refractivity contribution in [1.82, 2.24) is 10.4 Å². The summed E-state index contributed by atoms with van der Waals surface area (Å²) >= 11 is 0. The number of carbonyl (C=O) groups excluding carboxylic acids is 1. The molecule has 27 heavy (non-hydrogen) atoms. The lowest BCUT2D eigenvalue weighted by molar-refractivity contribution is -0.191. The van der Waals surface area contributed by atoms with E-state index in [0.717, 1.165) is 16.0 Å². The van der Waals surface area contributed by atoms with Crippen molar-refractivity contribution in [3.05, 3.63) is 47.5 Å². The van der Waals surface area contributed by atoms with Crippen LogP contribution in [0.4, 0.5) is 13.2 Å². The van der Waals surface area contributed by atoms with E-state index in [-0.39, 0.29) is 18.0 Å². The second-order valence-corrected chi connectivity index (χ2v) is 8.36. The van der Waals surface area contributed by atoms with Gasteiger partial charge in [0.05, 0.1) is 5.41 Å². The summed E-state index contributed by atoms with van der Waals surface area (Å²) in [6, 6.07) is 8.74. The second kappa shape index (κ2) is 6.82. The molecule has 1 amide bonds. The van der Waals surface area contributed by atoms with E-state index in [2.05, 4.69) is 5.43 Å². The molecule has 0 aliphatic carbocycles. The number of carbonyl (C=O) groups is 1. The van der Waals surface area contributed by atoms with E-state index in [0.29, 0.717) is 17.7 Å². The Labute approximate surface area is 157 Å². The van der Waals surface area contributed by atoms with Gasteiger partial charge in [-0.05, 0) is 48.1 Å². The average molecular weight is 378 g/mol. The zero-order chi connectivity index (χ0) is 20.0. The molecule has 0 aromatic heterocycles. The number of amides is 1. The minimum absolute atomic E-state index is 0.00124. The normalized spacial score (nSPS) is 18.9. The third-order valence-electron chi connectivity index (χ3n) is 4.99. The van der Waals surface area contributed by atoms with Crippen LogP contribution in [0.25, 0.3) is 10.8 Å². The van der Waals surface area contributed by atoms with Crippen molar-refractivity contribution in [1.29, 1.82) is 0 Å². The van der Waals surface area contributed by atoms with Crippen LogP contribution in [0.15, 0.2) is 36.4 Å². The van der Waals surface area contributed by atoms with Crippen molar-refractivity contribution in [2.24, 2.45) is 11.3 Å². The van der Waals surface area contributed by atoms with Crippen LogP contribution in [0, 0.1) is 11.3 Å². The van der Waals surface area contributed by atoms with Gasteiger partial charge in [0.25, 0.3) is 0 Å². The molecule has 1 fully saturated rings. The summed E-state index contributed by atoms with van der Waals surface area (Å²) in [5.74, 6) is -0.0715. The maximum Gasteiger partial charge on any atom is 0.409 e. The lowest BCUT2D eigenvalue weighted by atomic mass is 9.90. The topological polar surface area (TPSA) is 32.3 Å². The Morgan fingerprint density at radius 2 is 1.78 bits per heavy atom. The molecule has 1 heterocycles. The molecule has 1 atom stereocenters. The van der Waals surface area contributed by atoms with Crippen LogP contribution < -0.4 is 5.43 Å². The molecule has 0 radical (unpaired) electrons. The van der Waals surface area contributed by atoms with Gasteiger partial charge in [-0.2, -0.15) is 13.2 Å². The molecule has 1 unspecified atom stereocenters. The van der Waals surface area contributed by atoms with E-state index in [1.165, 1.54) is 6.07 Å². The highest BCUT2D eigenvalue weighted by Crippen LogP contribution is 2.43. The molecule has 2 aromatic carbocycles. The van der Waals surface area contributed by atoms with Crippen molar-refractivity contribution >= 4 is 16.7 Å². The highest BCUT2D eigenvalue weighted by molar-refractivity contribution is 5.90. The van der Waals surface area contributed by atoms with Gasteiger partial charge in [-0.15, -0.1) is 0 Å². The summed E-state index contributed by atoms with van der Waals surface area (Å²) in [6.07, 6.45) is -3.83. The smallest absolute Gasteiger partial charge is 0.287 e. The van der Waals surface area contributed by atoms with Gasteiger partial charge in [0.1, 0.15) is 0 Å². The standard InChI is InChI=1S/C21H25F3N2O/c1-13(2)11-15-9-5-7-14-8-6-10-16(17(14)15)18(21(22,23)24)26-12-20(3,4)19(27)25-26/h5-10,13,18H,11-12H2,1-4H3,(H,25,27). The molecule has 1 aliphatic rings. The maximum atomic E-state index is 14.2. The van der Waals surface area contributed by atoms with E-state index in [1.807, 2.05) is 38.1 Å². The number of alkyl halides is 3. The van der Waals surface area contributed by atoms with E-state index >= 15 is 0 Å². The Morgan fingerprint density at radius 3 is 2.30 bits per heavy atom. The first-order valence-electron chi connectivity index (χ1n) is 9.15. The molecule has 1 saturated heterocycles. The fourth-order valence-electron chi connectivity index (χ4n) is 3.78. The quantitative estimate of drug-likeness (QED) is 0.811. The fourth-order valence-corrected chi connectivity index (χ4v) is 3.78. The van der Waals surface area contributed by atoms with Gasteiger partial charge in [-0.3, -0.25) is 10.2 Å². The van der Waals surface area contributed by atoms with Crippen LogP contribution in [0.2, 0.25) is 0 Å². The summed E-state index contributed by atoms with van der Waals surface area (Å²) < 4.78 is 42.5. The van der Waals surface area contributed by atoms with Gasteiger partial charge in [0.15, 0.2) is 6.04 Å². The lowest BCUT2D eigenvalue weighted by Gasteiger charge is -2.31. The number of hydrazine groups is 1. The number of hydrogen-bond donors (Lipinski definition) is 1. The average Bonchev–Trinajstić information content (AvgIpc) is 2.78. The molecular formula is C21H25F3N2O. The van der Waals surface area contributed by atoms with Crippen LogP contribution in [0.1, 0.15) is 44.9 Å². The van der Waals surface area contributed by atoms with Gasteiger partial charge >= 0.3 is 6.18 Å². The lowest BCUT2D eigenvalue weighted by Crippen LogP contribution is -2.43. The molecule has 1 N–H and O–H groups in total. The summed E-state index contributed by atoms with van der Waals surface area (Å²) in [5.41, 5.74) is 2.67. The van der Waals surface area contributed by atoms with Gasteiger partial charge < -0.3 is 0 Å². The summed E-state index contributed by atoms with van der Waals surface area (Å²) in [7, 11) is 0. The number of fused-ring (bicyclic) bond motifs is 1. The van der Waals surface area contributed by atoms with E-state index in [4.69, 9.17) is 0 Å². The molecule has 0 saturated carbocycles. The third kappa shape index (κ3) is 3.81. The fraction of sp³-hybridized carbons (Fsp3) is 0.476. The van der Waals surface area contributed by atoms with Crippen molar-refractivity contribution in [2.45, 2.75) is 46.3 Å². The van der Waals surface area contributed by atoms with E-state index in [9.17, 15) is 18.0 Å². The van der Waals surface area contributed by atoms with Gasteiger partial charge in [0.2, 0.25) is 5.91 Å². The second-order valence-electron chi connectivity index (χ2n) is 8.36. The number of nitrogens with one attached hydrogen (secondary N) is 1. The van der Waals surface area contributed by atoms with Crippen LogP contribution in [-0.2, 0) is 11.2 Å². The summed E-state index contributed by atoms with van der Waals surface area (Å²) in [5, 5.41) is 2.46. The minimum Gasteiger partial charge on any atom is -0.287 e. The van der Waals surface area contributed by atoms with Crippen LogP contribution in [0.3, 0.4) is 0 Å². The first-order valence-corrected chi connectivity index (χ1v) is 9.15. The molecule has 0 spiro atoms. The molecule has 0 bridgehead atoms. The van der Waals surface area contributed by atoms with Gasteiger partial charge in [-0.1, -0.05) is 50.2 Å². The first-order chi connectivity index (χ1) is 12.5. The van der Waals surface area contributed by atoms with Crippen LogP contribution in [-0.4, -0.2) is 23.6 Å². The van der Waals surface area contributed by atoms with Crippen LogP contribution >= 0.6 is 0 Å². The maximum absolute atomic E-state index is 14.2. The number of nitrogens with zero attached hydrogens (tertiary/aromatic N) is 1. The largest absolute Gasteiger partial charge is 0.409 e. The van der Waals surface area contributed by atoms with Crippen LogP contribution in [0.5, 0.6) is 0 Å². The molecule has 146 valence electrons. The predicted octanol–water partition coefficient (Wildman–Crippen LogP) is 5.01. The van der Waals surface area contributed by atoms with Crippen molar-refractivity contribution in [3.63, 3.8) is 0 Å². The zero-order valence-corrected chi connectivity index (χ0v) is 16.0. The Balaban J connectivity index is 2.19. The van der Waals surface area contributed by atoms with Crippen molar-refractivity contribution in [2.75, 3.05) is 6.54 Å². The molecular weight excluding hydrogens is 353 g/mol. The Morgan fingerprint density at radius 1 is 1.15 bits per heavy atom. The van der Waals surface area contributed by atoms with E-state index < -0.39 is 17.6 Å². The number of hydrogen-bond acceptors (Lipinski definition) is 2. The minimum atomic E-state index is -4.52.